The van der Waals surface area contributed by atoms with Gasteiger partial charge in [-0.05, 0) is 37.6 Å². The molecule has 86 valence electrons. The third-order valence-electron chi connectivity index (χ3n) is 2.64. The number of benzene rings is 1. The highest BCUT2D eigenvalue weighted by atomic mass is 16.3. The van der Waals surface area contributed by atoms with Crippen molar-refractivity contribution in [2.24, 2.45) is 0 Å². The van der Waals surface area contributed by atoms with Gasteiger partial charge in [-0.2, -0.15) is 0 Å². The molecular formula is C13H18N2O. The summed E-state index contributed by atoms with van der Waals surface area (Å²) >= 11 is 0. The van der Waals surface area contributed by atoms with Crippen LogP contribution in [0.15, 0.2) is 22.6 Å². The summed E-state index contributed by atoms with van der Waals surface area (Å²) in [7, 11) is 1.89. The number of aromatic nitrogens is 1. The van der Waals surface area contributed by atoms with Crippen molar-refractivity contribution in [2.45, 2.75) is 32.7 Å². The van der Waals surface area contributed by atoms with Crippen LogP contribution >= 0.6 is 0 Å². The average Bonchev–Trinajstić information content (AvgIpc) is 2.68. The number of rotatable bonds is 5. The topological polar surface area (TPSA) is 38.1 Å². The molecule has 1 N–H and O–H groups in total. The number of unbranched alkanes of at least 4 members (excludes halogenated alkanes) is 1. The third-order valence-corrected chi connectivity index (χ3v) is 2.64. The van der Waals surface area contributed by atoms with Gasteiger partial charge < -0.3 is 9.73 Å². The van der Waals surface area contributed by atoms with E-state index in [-0.39, 0.29) is 0 Å². The average molecular weight is 218 g/mol. The second-order valence-corrected chi connectivity index (χ2v) is 4.04. The largest absolute Gasteiger partial charge is 0.439 e. The number of hydrogen-bond donors (Lipinski definition) is 1. The van der Waals surface area contributed by atoms with Crippen molar-refractivity contribution in [3.05, 3.63) is 29.7 Å². The van der Waals surface area contributed by atoms with Gasteiger partial charge in [0.25, 0.3) is 0 Å². The fourth-order valence-electron chi connectivity index (χ4n) is 1.78. The van der Waals surface area contributed by atoms with E-state index < -0.39 is 0 Å². The molecule has 0 fully saturated rings. The van der Waals surface area contributed by atoms with Crippen LogP contribution in [0, 0.1) is 0 Å². The summed E-state index contributed by atoms with van der Waals surface area (Å²) in [4.78, 5) is 4.44. The lowest BCUT2D eigenvalue weighted by atomic mass is 10.1. The van der Waals surface area contributed by atoms with Gasteiger partial charge in [0.1, 0.15) is 5.52 Å². The Labute approximate surface area is 95.9 Å². The summed E-state index contributed by atoms with van der Waals surface area (Å²) in [6.07, 6.45) is 3.58. The molecule has 0 atom stereocenters. The highest BCUT2D eigenvalue weighted by Gasteiger charge is 2.05. The highest BCUT2D eigenvalue weighted by Crippen LogP contribution is 2.18. The number of hydrogen-bond acceptors (Lipinski definition) is 3. The minimum absolute atomic E-state index is 0.680. The van der Waals surface area contributed by atoms with E-state index in [9.17, 15) is 0 Å². The zero-order chi connectivity index (χ0) is 11.4. The predicted molar refractivity (Wildman–Crippen MR) is 65.4 cm³/mol. The first kappa shape index (κ1) is 11.1. The summed E-state index contributed by atoms with van der Waals surface area (Å²) in [5, 5.41) is 3.04. The van der Waals surface area contributed by atoms with E-state index in [1.54, 1.807) is 0 Å². The molecular weight excluding hydrogens is 200 g/mol. The number of nitrogens with zero attached hydrogens (tertiary/aromatic N) is 1. The molecule has 0 amide bonds. The van der Waals surface area contributed by atoms with E-state index >= 15 is 0 Å². The fraction of sp³-hybridized carbons (Fsp3) is 0.462. The Morgan fingerprint density at radius 2 is 2.25 bits per heavy atom. The number of fused-ring (bicyclic) bond motifs is 1. The van der Waals surface area contributed by atoms with Crippen molar-refractivity contribution < 1.29 is 4.42 Å². The lowest BCUT2D eigenvalue weighted by Gasteiger charge is -1.97. The van der Waals surface area contributed by atoms with Crippen molar-refractivity contribution in [1.29, 1.82) is 0 Å². The molecule has 0 aliphatic carbocycles. The van der Waals surface area contributed by atoms with Gasteiger partial charge >= 0.3 is 0 Å². The van der Waals surface area contributed by atoms with E-state index in [0.717, 1.165) is 23.4 Å². The van der Waals surface area contributed by atoms with Gasteiger partial charge in [-0.3, -0.25) is 0 Å². The maximum absolute atomic E-state index is 5.59. The zero-order valence-electron chi connectivity index (χ0n) is 9.92. The molecule has 0 saturated carbocycles. The fourth-order valence-corrected chi connectivity index (χ4v) is 1.78. The molecule has 3 nitrogen and oxygen atoms in total. The molecule has 16 heavy (non-hydrogen) atoms. The molecule has 0 unspecified atom stereocenters. The molecule has 0 saturated heterocycles. The van der Waals surface area contributed by atoms with Gasteiger partial charge in [-0.15, -0.1) is 0 Å². The highest BCUT2D eigenvalue weighted by molar-refractivity contribution is 5.73. The molecule has 0 aliphatic heterocycles. The Morgan fingerprint density at radius 1 is 1.38 bits per heavy atom. The quantitative estimate of drug-likeness (QED) is 0.838. The molecule has 2 rings (SSSR count). The third kappa shape index (κ3) is 2.42. The molecule has 0 bridgehead atoms. The van der Waals surface area contributed by atoms with E-state index in [2.05, 4.69) is 29.4 Å². The minimum Gasteiger partial charge on any atom is -0.439 e. The van der Waals surface area contributed by atoms with Crippen LogP contribution in [-0.2, 0) is 13.0 Å². The Balaban J connectivity index is 2.23. The standard InChI is InChI=1S/C13H18N2O/c1-3-4-5-10-6-7-12-11(8-10)15-13(16-12)9-14-2/h6-8,14H,3-5,9H2,1-2H3. The first-order chi connectivity index (χ1) is 7.83. The van der Waals surface area contributed by atoms with E-state index in [0.29, 0.717) is 6.54 Å². The van der Waals surface area contributed by atoms with Crippen molar-refractivity contribution in [1.82, 2.24) is 10.3 Å². The van der Waals surface area contributed by atoms with Gasteiger partial charge in [0.15, 0.2) is 5.58 Å². The van der Waals surface area contributed by atoms with Crippen LogP contribution in [0.5, 0.6) is 0 Å². The summed E-state index contributed by atoms with van der Waals surface area (Å²) in [5.41, 5.74) is 3.20. The summed E-state index contributed by atoms with van der Waals surface area (Å²) in [5.74, 6) is 0.755. The summed E-state index contributed by atoms with van der Waals surface area (Å²) < 4.78 is 5.59. The summed E-state index contributed by atoms with van der Waals surface area (Å²) in [6.45, 7) is 2.89. The van der Waals surface area contributed by atoms with Crippen LogP contribution in [0.25, 0.3) is 11.1 Å². The van der Waals surface area contributed by atoms with Crippen molar-refractivity contribution in [2.75, 3.05) is 7.05 Å². The second-order valence-electron chi connectivity index (χ2n) is 4.04. The lowest BCUT2D eigenvalue weighted by molar-refractivity contribution is 0.511. The molecule has 2 aromatic rings. The number of aryl methyl sites for hydroxylation is 1. The van der Waals surface area contributed by atoms with Gasteiger partial charge in [-0.1, -0.05) is 19.4 Å². The molecule has 0 aliphatic rings. The van der Waals surface area contributed by atoms with Crippen molar-refractivity contribution in [3.8, 4) is 0 Å². The molecule has 1 aromatic heterocycles. The lowest BCUT2D eigenvalue weighted by Crippen LogP contribution is -2.04. The molecule has 0 radical (unpaired) electrons. The molecule has 0 spiro atoms. The first-order valence-corrected chi connectivity index (χ1v) is 5.86. The SMILES string of the molecule is CCCCc1ccc2oc(CNC)nc2c1. The molecule has 1 aromatic carbocycles. The predicted octanol–water partition coefficient (Wildman–Crippen LogP) is 2.89. The first-order valence-electron chi connectivity index (χ1n) is 5.86. The van der Waals surface area contributed by atoms with Crippen molar-refractivity contribution >= 4 is 11.1 Å². The zero-order valence-corrected chi connectivity index (χ0v) is 9.92. The number of nitrogens with one attached hydrogen (secondary N) is 1. The van der Waals surface area contributed by atoms with E-state index in [1.165, 1.54) is 18.4 Å². The van der Waals surface area contributed by atoms with Gasteiger partial charge in [0.05, 0.1) is 6.54 Å². The van der Waals surface area contributed by atoms with E-state index in [4.69, 9.17) is 4.42 Å². The maximum Gasteiger partial charge on any atom is 0.209 e. The van der Waals surface area contributed by atoms with Crippen LogP contribution in [0.1, 0.15) is 31.2 Å². The van der Waals surface area contributed by atoms with Gasteiger partial charge in [-0.25, -0.2) is 4.98 Å². The Hall–Kier alpha value is -1.35. The Kier molecular flexibility index (Phi) is 3.57. The normalized spacial score (nSPS) is 11.1. The monoisotopic (exact) mass is 218 g/mol. The van der Waals surface area contributed by atoms with Gasteiger partial charge in [0, 0.05) is 0 Å². The van der Waals surface area contributed by atoms with E-state index in [1.807, 2.05) is 13.1 Å². The van der Waals surface area contributed by atoms with Crippen LogP contribution in [0.3, 0.4) is 0 Å². The van der Waals surface area contributed by atoms with Crippen molar-refractivity contribution in [3.63, 3.8) is 0 Å². The Bertz CT molecular complexity index is 462. The second kappa shape index (κ2) is 5.12. The van der Waals surface area contributed by atoms with Crippen LogP contribution < -0.4 is 5.32 Å². The van der Waals surface area contributed by atoms with Gasteiger partial charge in [0.2, 0.25) is 5.89 Å². The summed E-state index contributed by atoms with van der Waals surface area (Å²) in [6, 6.07) is 6.28. The van der Waals surface area contributed by atoms with Crippen LogP contribution in [0.2, 0.25) is 0 Å². The maximum atomic E-state index is 5.59. The minimum atomic E-state index is 0.680. The molecule has 3 heteroatoms. The van der Waals surface area contributed by atoms with Crippen LogP contribution in [-0.4, -0.2) is 12.0 Å². The Morgan fingerprint density at radius 3 is 3.00 bits per heavy atom. The smallest absolute Gasteiger partial charge is 0.209 e. The van der Waals surface area contributed by atoms with Crippen LogP contribution in [0.4, 0.5) is 0 Å². The number of oxazole rings is 1. The molecule has 1 heterocycles.